The van der Waals surface area contributed by atoms with Crippen LogP contribution in [-0.4, -0.2) is 43.8 Å². The van der Waals surface area contributed by atoms with Crippen LogP contribution in [0.1, 0.15) is 10.4 Å². The topological polar surface area (TPSA) is 51.9 Å². The molecule has 0 unspecified atom stereocenters. The summed E-state index contributed by atoms with van der Waals surface area (Å²) in [6.45, 7) is -1.60. The molecule has 5 nitrogen and oxygen atoms in total. The zero-order chi connectivity index (χ0) is 20.8. The van der Waals surface area contributed by atoms with E-state index in [-0.39, 0.29) is 30.2 Å². The average Bonchev–Trinajstić information content (AvgIpc) is 3.01. The van der Waals surface area contributed by atoms with E-state index in [1.807, 2.05) is 0 Å². The van der Waals surface area contributed by atoms with Gasteiger partial charge in [-0.1, -0.05) is 11.6 Å². The van der Waals surface area contributed by atoms with Crippen LogP contribution in [0.5, 0.6) is 11.5 Å². The number of hydrogen-bond acceptors (Lipinski definition) is 4. The number of nitrogens with zero attached hydrogens (tertiary/aromatic N) is 1. The Kier molecular flexibility index (Phi) is 4.82. The lowest BCUT2D eigenvalue weighted by molar-refractivity contribution is -0.140. The van der Waals surface area contributed by atoms with Gasteiger partial charge in [0.05, 0.1) is 19.9 Å². The Balaban J connectivity index is 1.81. The molecule has 0 aliphatic carbocycles. The second-order valence-corrected chi connectivity index (χ2v) is 6.97. The Morgan fingerprint density at radius 1 is 1.24 bits per heavy atom. The van der Waals surface area contributed by atoms with E-state index in [1.165, 1.54) is 13.4 Å². The summed E-state index contributed by atoms with van der Waals surface area (Å²) < 4.78 is 55.0. The molecule has 0 radical (unpaired) electrons. The molecule has 9 heteroatoms. The Bertz CT molecular complexity index is 1090. The van der Waals surface area contributed by atoms with Gasteiger partial charge in [-0.05, 0) is 29.8 Å². The first-order valence-corrected chi connectivity index (χ1v) is 9.02. The quantitative estimate of drug-likeness (QED) is 0.581. The summed E-state index contributed by atoms with van der Waals surface area (Å²) in [6.07, 6.45) is -2.97. The third kappa shape index (κ3) is 3.72. The van der Waals surface area contributed by atoms with Crippen LogP contribution in [0.25, 0.3) is 22.1 Å². The van der Waals surface area contributed by atoms with Gasteiger partial charge in [-0.2, -0.15) is 13.2 Å². The molecule has 0 spiro atoms. The van der Waals surface area contributed by atoms with Gasteiger partial charge in [-0.15, -0.1) is 0 Å². The van der Waals surface area contributed by atoms with Crippen LogP contribution in [0.2, 0.25) is 5.02 Å². The van der Waals surface area contributed by atoms with Crippen molar-refractivity contribution >= 4 is 28.5 Å². The lowest BCUT2D eigenvalue weighted by Gasteiger charge is -2.22. The van der Waals surface area contributed by atoms with Gasteiger partial charge in [0.2, 0.25) is 0 Å². The predicted octanol–water partition coefficient (Wildman–Crippen LogP) is 5.16. The summed E-state index contributed by atoms with van der Waals surface area (Å²) in [6, 6.07) is 8.38. The Morgan fingerprint density at radius 3 is 2.76 bits per heavy atom. The number of rotatable bonds is 3. The normalized spacial score (nSPS) is 14.5. The number of fused-ring (bicyclic) bond motifs is 2. The van der Waals surface area contributed by atoms with Crippen molar-refractivity contribution in [3.8, 4) is 22.6 Å². The fraction of sp³-hybridized carbons (Fsp3) is 0.250. The molecule has 152 valence electrons. The van der Waals surface area contributed by atoms with E-state index in [4.69, 9.17) is 25.5 Å². The molecular formula is C20H15ClF3NO4. The van der Waals surface area contributed by atoms with Gasteiger partial charge in [-0.25, -0.2) is 0 Å². The molecule has 0 bridgehead atoms. The minimum absolute atomic E-state index is 0.0335. The van der Waals surface area contributed by atoms with Crippen molar-refractivity contribution < 1.29 is 31.9 Å². The molecule has 4 rings (SSSR count). The predicted molar refractivity (Wildman–Crippen MR) is 101 cm³/mol. The fourth-order valence-corrected chi connectivity index (χ4v) is 3.51. The highest BCUT2D eigenvalue weighted by Crippen LogP contribution is 2.40. The van der Waals surface area contributed by atoms with E-state index in [1.54, 1.807) is 30.3 Å². The van der Waals surface area contributed by atoms with Crippen LogP contribution in [0.3, 0.4) is 0 Å². The van der Waals surface area contributed by atoms with Gasteiger partial charge in [0.25, 0.3) is 5.91 Å². The molecule has 1 aliphatic heterocycles. The zero-order valence-electron chi connectivity index (χ0n) is 15.2. The van der Waals surface area contributed by atoms with E-state index in [0.717, 1.165) is 5.39 Å². The molecule has 1 aromatic heterocycles. The Morgan fingerprint density at radius 2 is 2.03 bits per heavy atom. The summed E-state index contributed by atoms with van der Waals surface area (Å²) >= 11 is 5.99. The highest BCUT2D eigenvalue weighted by atomic mass is 35.5. The highest BCUT2D eigenvalue weighted by Gasteiger charge is 2.36. The van der Waals surface area contributed by atoms with E-state index >= 15 is 0 Å². The van der Waals surface area contributed by atoms with Crippen LogP contribution in [0, 0.1) is 0 Å². The molecule has 0 saturated carbocycles. The molecule has 0 fully saturated rings. The van der Waals surface area contributed by atoms with Gasteiger partial charge in [0.1, 0.15) is 35.8 Å². The molecule has 2 heterocycles. The Labute approximate surface area is 168 Å². The third-order valence-electron chi connectivity index (χ3n) is 4.62. The minimum atomic E-state index is -4.51. The van der Waals surface area contributed by atoms with Gasteiger partial charge < -0.3 is 18.8 Å². The van der Waals surface area contributed by atoms with Crippen molar-refractivity contribution in [2.24, 2.45) is 0 Å². The number of methoxy groups -OCH3 is 1. The van der Waals surface area contributed by atoms with Gasteiger partial charge in [-0.3, -0.25) is 4.79 Å². The van der Waals surface area contributed by atoms with Crippen molar-refractivity contribution in [1.82, 2.24) is 4.90 Å². The second-order valence-electron chi connectivity index (χ2n) is 6.53. The SMILES string of the molecule is COc1cc(-c2coc3cc(Cl)ccc23)cc2c1C(=O)N(CC(F)(F)F)CCO2. The van der Waals surface area contributed by atoms with Crippen molar-refractivity contribution in [3.05, 3.63) is 47.2 Å². The molecule has 0 atom stereocenters. The maximum absolute atomic E-state index is 12.8. The monoisotopic (exact) mass is 425 g/mol. The largest absolute Gasteiger partial charge is 0.496 e. The molecule has 1 aliphatic rings. The molecule has 2 aromatic carbocycles. The number of halogens is 4. The smallest absolute Gasteiger partial charge is 0.406 e. The molecule has 3 aromatic rings. The van der Waals surface area contributed by atoms with E-state index in [0.29, 0.717) is 26.6 Å². The highest BCUT2D eigenvalue weighted by molar-refractivity contribution is 6.31. The lowest BCUT2D eigenvalue weighted by atomic mass is 10.0. The number of carbonyl (C=O) groups excluding carboxylic acids is 1. The first kappa shape index (κ1) is 19.4. The van der Waals surface area contributed by atoms with Crippen molar-refractivity contribution in [3.63, 3.8) is 0 Å². The number of alkyl halides is 3. The number of hydrogen-bond donors (Lipinski definition) is 0. The van der Waals surface area contributed by atoms with Gasteiger partial charge in [0, 0.05) is 22.0 Å². The average molecular weight is 426 g/mol. The van der Waals surface area contributed by atoms with E-state index < -0.39 is 18.6 Å². The summed E-state index contributed by atoms with van der Waals surface area (Å²) in [7, 11) is 1.35. The standard InChI is InChI=1S/C20H15ClF3NO4/c1-27-16-6-11(14-9-29-15-8-12(21)2-3-13(14)15)7-17-18(16)19(26)25(4-5-28-17)10-20(22,23)24/h2-3,6-9H,4-5,10H2,1H3. The van der Waals surface area contributed by atoms with Crippen molar-refractivity contribution in [1.29, 1.82) is 0 Å². The second kappa shape index (κ2) is 7.18. The van der Waals surface area contributed by atoms with Crippen molar-refractivity contribution in [2.45, 2.75) is 6.18 Å². The summed E-state index contributed by atoms with van der Waals surface area (Å²) in [5.74, 6) is -0.501. The fourth-order valence-electron chi connectivity index (χ4n) is 3.35. The van der Waals surface area contributed by atoms with Crippen LogP contribution >= 0.6 is 11.6 Å². The van der Waals surface area contributed by atoms with Crippen LogP contribution in [-0.2, 0) is 0 Å². The Hall–Kier alpha value is -2.87. The summed E-state index contributed by atoms with van der Waals surface area (Å²) in [4.78, 5) is 13.5. The maximum Gasteiger partial charge on any atom is 0.406 e. The van der Waals surface area contributed by atoms with Gasteiger partial charge >= 0.3 is 6.18 Å². The number of amides is 1. The van der Waals surface area contributed by atoms with Gasteiger partial charge in [0.15, 0.2) is 0 Å². The van der Waals surface area contributed by atoms with E-state index in [9.17, 15) is 18.0 Å². The van der Waals surface area contributed by atoms with E-state index in [2.05, 4.69) is 0 Å². The first-order valence-electron chi connectivity index (χ1n) is 8.65. The molecule has 0 N–H and O–H groups in total. The molecule has 1 amide bonds. The number of benzene rings is 2. The third-order valence-corrected chi connectivity index (χ3v) is 4.86. The first-order chi connectivity index (χ1) is 13.8. The van der Waals surface area contributed by atoms with Crippen LogP contribution in [0.15, 0.2) is 41.0 Å². The number of ether oxygens (including phenoxy) is 2. The maximum atomic E-state index is 12.8. The zero-order valence-corrected chi connectivity index (χ0v) is 15.9. The molecular weight excluding hydrogens is 411 g/mol. The minimum Gasteiger partial charge on any atom is -0.496 e. The summed E-state index contributed by atoms with van der Waals surface area (Å²) in [5, 5.41) is 1.31. The van der Waals surface area contributed by atoms with Crippen molar-refractivity contribution in [2.75, 3.05) is 26.8 Å². The van der Waals surface area contributed by atoms with Crippen LogP contribution < -0.4 is 9.47 Å². The number of furan rings is 1. The number of carbonyl (C=O) groups is 1. The lowest BCUT2D eigenvalue weighted by Crippen LogP contribution is -2.40. The molecule has 0 saturated heterocycles. The summed E-state index contributed by atoms with van der Waals surface area (Å²) in [5.41, 5.74) is 1.90. The molecule has 29 heavy (non-hydrogen) atoms. The van der Waals surface area contributed by atoms with Crippen LogP contribution in [0.4, 0.5) is 13.2 Å².